The number of ether oxygens (including phenoxy) is 1. The van der Waals surface area contributed by atoms with Crippen molar-refractivity contribution in [1.29, 1.82) is 5.41 Å². The van der Waals surface area contributed by atoms with Crippen molar-refractivity contribution in [2.45, 2.75) is 52.7 Å². The van der Waals surface area contributed by atoms with Gasteiger partial charge in [-0.05, 0) is 38.8 Å². The Balaban J connectivity index is 0.000000382. The fraction of sp³-hybridized carbons (Fsp3) is 0.435. The average Bonchev–Trinajstić information content (AvgIpc) is 3.03. The highest BCUT2D eigenvalue weighted by atomic mass is 16.5. The zero-order valence-corrected chi connectivity index (χ0v) is 19.2. The summed E-state index contributed by atoms with van der Waals surface area (Å²) in [5.74, 6) is -2.03. The van der Waals surface area contributed by atoms with Crippen LogP contribution in [0.2, 0.25) is 0 Å². The monoisotopic (exact) mass is 444 g/mol. The van der Waals surface area contributed by atoms with Crippen LogP contribution in [0.3, 0.4) is 0 Å². The fourth-order valence-electron chi connectivity index (χ4n) is 2.92. The number of benzene rings is 1. The van der Waals surface area contributed by atoms with Gasteiger partial charge in [0.25, 0.3) is 0 Å². The van der Waals surface area contributed by atoms with Crippen LogP contribution in [-0.2, 0) is 31.0 Å². The molecule has 1 unspecified atom stereocenters. The standard InChI is InChI=1S/C13H21N3O5.C10H11N/c1-8(2)21-13(20)11(5-4-10(18)6-14)16-12(19)7-15-9(3)17;1-8-7-11(2)10-6-4-3-5-9(8)10/h6,8,11,14H,4-5,7H2,1-3H3,(H,15,17)(H,16,19);3-7H,1-2H3. The molecule has 9 heteroatoms. The molecule has 3 N–H and O–H groups in total. The molecule has 0 aliphatic carbocycles. The van der Waals surface area contributed by atoms with Crippen molar-refractivity contribution in [3.8, 4) is 0 Å². The summed E-state index contributed by atoms with van der Waals surface area (Å²) in [6.07, 6.45) is 2.44. The van der Waals surface area contributed by atoms with Crippen LogP contribution >= 0.6 is 0 Å². The molecule has 1 heterocycles. The van der Waals surface area contributed by atoms with Gasteiger partial charge in [0, 0.05) is 37.5 Å². The molecule has 174 valence electrons. The van der Waals surface area contributed by atoms with Gasteiger partial charge < -0.3 is 25.3 Å². The lowest BCUT2D eigenvalue weighted by Crippen LogP contribution is -2.46. The number of nitrogens with zero attached hydrogens (tertiary/aromatic N) is 1. The van der Waals surface area contributed by atoms with E-state index in [4.69, 9.17) is 10.1 Å². The molecule has 0 saturated carbocycles. The van der Waals surface area contributed by atoms with Crippen molar-refractivity contribution in [2.24, 2.45) is 7.05 Å². The van der Waals surface area contributed by atoms with Gasteiger partial charge in [-0.25, -0.2) is 4.79 Å². The number of carbonyl (C=O) groups excluding carboxylic acids is 4. The van der Waals surface area contributed by atoms with Gasteiger partial charge in [-0.2, -0.15) is 0 Å². The molecule has 0 saturated heterocycles. The zero-order valence-electron chi connectivity index (χ0n) is 19.2. The van der Waals surface area contributed by atoms with Crippen molar-refractivity contribution in [2.75, 3.05) is 6.54 Å². The number of carbonyl (C=O) groups is 4. The van der Waals surface area contributed by atoms with Gasteiger partial charge >= 0.3 is 5.97 Å². The van der Waals surface area contributed by atoms with E-state index in [1.54, 1.807) is 13.8 Å². The number of hydrogen-bond acceptors (Lipinski definition) is 6. The molecular formula is C23H32N4O5. The minimum atomic E-state index is -0.988. The first-order valence-electron chi connectivity index (χ1n) is 10.3. The van der Waals surface area contributed by atoms with E-state index < -0.39 is 23.7 Å². The maximum absolute atomic E-state index is 11.8. The van der Waals surface area contributed by atoms with E-state index in [0.29, 0.717) is 6.21 Å². The van der Waals surface area contributed by atoms with Crippen LogP contribution in [0.4, 0.5) is 0 Å². The maximum Gasteiger partial charge on any atom is 0.328 e. The summed E-state index contributed by atoms with van der Waals surface area (Å²) < 4.78 is 7.15. The smallest absolute Gasteiger partial charge is 0.328 e. The van der Waals surface area contributed by atoms with Gasteiger partial charge in [0.05, 0.1) is 18.9 Å². The summed E-state index contributed by atoms with van der Waals surface area (Å²) in [5, 5.41) is 12.9. The second-order valence-electron chi connectivity index (χ2n) is 7.60. The first-order valence-corrected chi connectivity index (χ1v) is 10.3. The lowest BCUT2D eigenvalue weighted by molar-refractivity contribution is -0.151. The highest BCUT2D eigenvalue weighted by molar-refractivity contribution is 6.26. The Morgan fingerprint density at radius 1 is 1.19 bits per heavy atom. The van der Waals surface area contributed by atoms with E-state index in [1.165, 1.54) is 23.4 Å². The van der Waals surface area contributed by atoms with Crippen molar-refractivity contribution in [3.05, 3.63) is 36.0 Å². The van der Waals surface area contributed by atoms with E-state index in [9.17, 15) is 19.2 Å². The van der Waals surface area contributed by atoms with Gasteiger partial charge in [0.1, 0.15) is 6.04 Å². The average molecular weight is 445 g/mol. The summed E-state index contributed by atoms with van der Waals surface area (Å²) in [5.41, 5.74) is 2.66. The third-order valence-corrected chi connectivity index (χ3v) is 4.41. The molecule has 32 heavy (non-hydrogen) atoms. The van der Waals surface area contributed by atoms with Gasteiger partial charge in [0.2, 0.25) is 11.8 Å². The summed E-state index contributed by atoms with van der Waals surface area (Å²) in [6.45, 7) is 6.47. The molecule has 2 aromatic rings. The Morgan fingerprint density at radius 2 is 1.84 bits per heavy atom. The lowest BCUT2D eigenvalue weighted by Gasteiger charge is -2.18. The third-order valence-electron chi connectivity index (χ3n) is 4.41. The largest absolute Gasteiger partial charge is 0.461 e. The fourth-order valence-corrected chi connectivity index (χ4v) is 2.92. The van der Waals surface area contributed by atoms with Crippen molar-refractivity contribution < 1.29 is 23.9 Å². The van der Waals surface area contributed by atoms with Gasteiger partial charge in [-0.3, -0.25) is 14.4 Å². The topological polar surface area (TPSA) is 130 Å². The number of para-hydroxylation sites is 1. The Hall–Kier alpha value is -3.49. The molecule has 1 atom stereocenters. The van der Waals surface area contributed by atoms with Crippen molar-refractivity contribution >= 4 is 40.7 Å². The zero-order chi connectivity index (χ0) is 24.3. The van der Waals surface area contributed by atoms with Gasteiger partial charge in [0.15, 0.2) is 5.78 Å². The number of esters is 1. The normalized spacial score (nSPS) is 11.2. The molecule has 0 bridgehead atoms. The maximum atomic E-state index is 11.8. The molecule has 1 aromatic heterocycles. The molecule has 0 fully saturated rings. The second kappa shape index (κ2) is 13.0. The summed E-state index contributed by atoms with van der Waals surface area (Å²) >= 11 is 0. The van der Waals surface area contributed by atoms with E-state index >= 15 is 0 Å². The summed E-state index contributed by atoms with van der Waals surface area (Å²) in [4.78, 5) is 45.2. The SMILES string of the molecule is CC(=O)NCC(=O)NC(CCC(=O)C=N)C(=O)OC(C)C.Cc1cn(C)c2ccccc12. The lowest BCUT2D eigenvalue weighted by atomic mass is 10.1. The van der Waals surface area contributed by atoms with Crippen LogP contribution in [0.5, 0.6) is 0 Å². The first kappa shape index (κ1) is 26.5. The van der Waals surface area contributed by atoms with E-state index in [-0.39, 0.29) is 31.4 Å². The van der Waals surface area contributed by atoms with Gasteiger partial charge in [-0.15, -0.1) is 0 Å². The van der Waals surface area contributed by atoms with Crippen LogP contribution in [-0.4, -0.2) is 53.0 Å². The van der Waals surface area contributed by atoms with Crippen LogP contribution < -0.4 is 10.6 Å². The number of fused-ring (bicyclic) bond motifs is 1. The Labute approximate surface area is 188 Å². The van der Waals surface area contributed by atoms with Crippen molar-refractivity contribution in [1.82, 2.24) is 15.2 Å². The molecule has 0 aliphatic rings. The quantitative estimate of drug-likeness (QED) is 0.402. The number of aromatic nitrogens is 1. The molecule has 2 amide bonds. The van der Waals surface area contributed by atoms with Gasteiger partial charge in [-0.1, -0.05) is 18.2 Å². The van der Waals surface area contributed by atoms with Crippen LogP contribution in [0.25, 0.3) is 10.9 Å². The Bertz CT molecular complexity index is 928. The number of nitrogens with one attached hydrogen (secondary N) is 3. The third kappa shape index (κ3) is 9.11. The van der Waals surface area contributed by atoms with Crippen molar-refractivity contribution in [3.63, 3.8) is 0 Å². The summed E-state index contributed by atoms with van der Waals surface area (Å²) in [7, 11) is 2.08. The second-order valence-corrected chi connectivity index (χ2v) is 7.60. The van der Waals surface area contributed by atoms with E-state index in [2.05, 4.69) is 59.6 Å². The number of rotatable bonds is 9. The molecule has 9 nitrogen and oxygen atoms in total. The first-order chi connectivity index (χ1) is 15.0. The number of hydrogen-bond donors (Lipinski definition) is 3. The number of Topliss-reactive ketones (excluding diaryl/α,β-unsaturated/α-hetero) is 1. The van der Waals surface area contributed by atoms with Crippen LogP contribution in [0, 0.1) is 12.3 Å². The highest BCUT2D eigenvalue weighted by Crippen LogP contribution is 2.18. The molecule has 2 rings (SSSR count). The minimum absolute atomic E-state index is 0.0333. The summed E-state index contributed by atoms with van der Waals surface area (Å²) in [6, 6.07) is 7.46. The Morgan fingerprint density at radius 3 is 2.41 bits per heavy atom. The Kier molecular flexibility index (Phi) is 10.8. The predicted molar refractivity (Wildman–Crippen MR) is 123 cm³/mol. The number of ketones is 1. The predicted octanol–water partition coefficient (Wildman–Crippen LogP) is 2.04. The molecule has 0 aliphatic heterocycles. The highest BCUT2D eigenvalue weighted by Gasteiger charge is 2.23. The van der Waals surface area contributed by atoms with Crippen LogP contribution in [0.1, 0.15) is 39.2 Å². The molecule has 0 spiro atoms. The van der Waals surface area contributed by atoms with E-state index in [0.717, 1.165) is 0 Å². The molecule has 1 aromatic carbocycles. The number of amides is 2. The molecule has 0 radical (unpaired) electrons. The minimum Gasteiger partial charge on any atom is -0.461 e. The van der Waals surface area contributed by atoms with E-state index in [1.807, 2.05) is 0 Å². The number of aryl methyl sites for hydroxylation is 2. The van der Waals surface area contributed by atoms with Crippen LogP contribution in [0.15, 0.2) is 30.5 Å². The molecular weight excluding hydrogens is 412 g/mol.